The van der Waals surface area contributed by atoms with Crippen LogP contribution < -0.4 is 5.73 Å². The molecule has 0 aliphatic heterocycles. The van der Waals surface area contributed by atoms with E-state index in [0.29, 0.717) is 16.5 Å². The van der Waals surface area contributed by atoms with Gasteiger partial charge in [-0.2, -0.15) is 0 Å². The summed E-state index contributed by atoms with van der Waals surface area (Å²) in [6.07, 6.45) is 1.31. The summed E-state index contributed by atoms with van der Waals surface area (Å²) in [6.45, 7) is 3.71. The Labute approximate surface area is 165 Å². The molecule has 4 rings (SSSR count). The molecule has 0 unspecified atom stereocenters. The fourth-order valence-corrected chi connectivity index (χ4v) is 2.88. The highest BCUT2D eigenvalue weighted by Gasteiger charge is 2.14. The maximum Gasteiger partial charge on any atom is 0.311 e. The normalized spacial score (nSPS) is 10.4. The first-order valence-electron chi connectivity index (χ1n) is 8.58. The number of fused-ring (bicyclic) bond motifs is 2. The Bertz CT molecular complexity index is 1260. The third kappa shape index (κ3) is 4.08. The van der Waals surface area contributed by atoms with Gasteiger partial charge in [0.2, 0.25) is 5.82 Å². The average Bonchev–Trinajstić information content (AvgIpc) is 2.68. The summed E-state index contributed by atoms with van der Waals surface area (Å²) < 4.78 is 0. The Balaban J connectivity index is 0.000000166. The second kappa shape index (κ2) is 7.85. The van der Waals surface area contributed by atoms with Gasteiger partial charge in [-0.15, -0.1) is 0 Å². The molecule has 0 saturated carbocycles. The first kappa shape index (κ1) is 19.6. The Morgan fingerprint density at radius 1 is 0.897 bits per heavy atom. The summed E-state index contributed by atoms with van der Waals surface area (Å²) in [5.41, 5.74) is 8.57. The van der Waals surface area contributed by atoms with Crippen LogP contribution in [0.1, 0.15) is 11.1 Å². The molecule has 2 aromatic heterocycles. The number of pyridine rings is 2. The van der Waals surface area contributed by atoms with Crippen molar-refractivity contribution in [2.24, 2.45) is 0 Å². The largest absolute Gasteiger partial charge is 0.378 e. The summed E-state index contributed by atoms with van der Waals surface area (Å²) in [7, 11) is 0. The summed E-state index contributed by atoms with van der Waals surface area (Å²) in [4.78, 5) is 28.3. The van der Waals surface area contributed by atoms with E-state index in [1.54, 1.807) is 31.2 Å². The second-order valence-electron chi connectivity index (χ2n) is 6.39. The molecular formula is C20H17N5O4. The number of anilines is 1. The number of aromatic nitrogens is 2. The van der Waals surface area contributed by atoms with Crippen molar-refractivity contribution >= 4 is 39.0 Å². The zero-order valence-electron chi connectivity index (χ0n) is 15.7. The predicted octanol–water partition coefficient (Wildman–Crippen LogP) is 4.49. The van der Waals surface area contributed by atoms with E-state index < -0.39 is 9.85 Å². The van der Waals surface area contributed by atoms with Crippen molar-refractivity contribution in [3.63, 3.8) is 0 Å². The van der Waals surface area contributed by atoms with Gasteiger partial charge in [0.15, 0.2) is 0 Å². The smallest absolute Gasteiger partial charge is 0.311 e. The molecule has 29 heavy (non-hydrogen) atoms. The van der Waals surface area contributed by atoms with Gasteiger partial charge < -0.3 is 5.73 Å². The number of para-hydroxylation sites is 1. The summed E-state index contributed by atoms with van der Waals surface area (Å²) in [5.74, 6) is -0.0475. The lowest BCUT2D eigenvalue weighted by Crippen LogP contribution is -1.98. The number of rotatable bonds is 2. The van der Waals surface area contributed by atoms with Crippen LogP contribution in [-0.2, 0) is 0 Å². The minimum absolute atomic E-state index is 0.0475. The Kier molecular flexibility index (Phi) is 5.31. The number of aryl methyl sites for hydroxylation is 2. The monoisotopic (exact) mass is 391 g/mol. The second-order valence-corrected chi connectivity index (χ2v) is 6.39. The van der Waals surface area contributed by atoms with Crippen LogP contribution in [0.4, 0.5) is 17.2 Å². The maximum atomic E-state index is 10.7. The van der Waals surface area contributed by atoms with Gasteiger partial charge in [-0.05, 0) is 32.0 Å². The predicted molar refractivity (Wildman–Crippen MR) is 111 cm³/mol. The molecule has 2 heterocycles. The number of nitrogen functional groups attached to an aromatic ring is 1. The van der Waals surface area contributed by atoms with Crippen LogP contribution in [0.5, 0.6) is 0 Å². The highest BCUT2D eigenvalue weighted by atomic mass is 16.6. The molecule has 0 saturated heterocycles. The van der Waals surface area contributed by atoms with E-state index in [2.05, 4.69) is 9.97 Å². The van der Waals surface area contributed by atoms with Crippen molar-refractivity contribution in [3.05, 3.63) is 86.1 Å². The molecule has 0 radical (unpaired) electrons. The minimum atomic E-state index is -0.533. The van der Waals surface area contributed by atoms with Gasteiger partial charge in [0.1, 0.15) is 6.20 Å². The van der Waals surface area contributed by atoms with E-state index in [0.717, 1.165) is 16.5 Å². The molecule has 146 valence electrons. The fraction of sp³-hybridized carbons (Fsp3) is 0.100. The van der Waals surface area contributed by atoms with E-state index in [1.807, 2.05) is 25.1 Å². The van der Waals surface area contributed by atoms with Gasteiger partial charge in [0.05, 0.1) is 20.9 Å². The van der Waals surface area contributed by atoms with Crippen LogP contribution in [0.15, 0.2) is 54.7 Å². The highest BCUT2D eigenvalue weighted by Crippen LogP contribution is 2.26. The Morgan fingerprint density at radius 2 is 1.59 bits per heavy atom. The topological polar surface area (TPSA) is 138 Å². The lowest BCUT2D eigenvalue weighted by molar-refractivity contribution is -0.385. The zero-order valence-corrected chi connectivity index (χ0v) is 15.7. The Hall–Kier alpha value is -4.14. The highest BCUT2D eigenvalue weighted by molar-refractivity contribution is 5.85. The number of hydrogen-bond donors (Lipinski definition) is 1. The Morgan fingerprint density at radius 3 is 2.28 bits per heavy atom. The maximum absolute atomic E-state index is 10.7. The molecule has 9 heteroatoms. The van der Waals surface area contributed by atoms with Crippen LogP contribution in [0.25, 0.3) is 21.8 Å². The molecule has 0 aliphatic rings. The molecule has 0 bridgehead atoms. The molecule has 0 fully saturated rings. The lowest BCUT2D eigenvalue weighted by Gasteiger charge is -2.03. The molecule has 2 N–H and O–H groups in total. The van der Waals surface area contributed by atoms with Gasteiger partial charge in [-0.3, -0.25) is 20.2 Å². The molecule has 0 amide bonds. The molecule has 2 aromatic carbocycles. The summed E-state index contributed by atoms with van der Waals surface area (Å²) in [5, 5.41) is 22.8. The van der Waals surface area contributed by atoms with E-state index in [1.165, 1.54) is 12.3 Å². The first-order valence-corrected chi connectivity index (χ1v) is 8.58. The van der Waals surface area contributed by atoms with Gasteiger partial charge in [-0.25, -0.2) is 9.97 Å². The lowest BCUT2D eigenvalue weighted by atomic mass is 10.1. The van der Waals surface area contributed by atoms with Crippen LogP contribution in [0.3, 0.4) is 0 Å². The molecular weight excluding hydrogens is 374 g/mol. The van der Waals surface area contributed by atoms with E-state index in [-0.39, 0.29) is 17.2 Å². The van der Waals surface area contributed by atoms with Crippen molar-refractivity contribution in [2.45, 2.75) is 13.8 Å². The number of nitrogens with zero attached hydrogens (tertiary/aromatic N) is 4. The molecule has 4 aromatic rings. The third-order valence-electron chi connectivity index (χ3n) is 4.39. The molecule has 0 atom stereocenters. The van der Waals surface area contributed by atoms with Crippen LogP contribution in [0.2, 0.25) is 0 Å². The molecule has 0 aliphatic carbocycles. The van der Waals surface area contributed by atoms with E-state index in [4.69, 9.17) is 5.73 Å². The molecule has 0 spiro atoms. The quantitative estimate of drug-likeness (QED) is 0.392. The van der Waals surface area contributed by atoms with E-state index >= 15 is 0 Å². The van der Waals surface area contributed by atoms with Crippen molar-refractivity contribution in [2.75, 3.05) is 5.73 Å². The van der Waals surface area contributed by atoms with Crippen molar-refractivity contribution in [1.29, 1.82) is 0 Å². The first-order chi connectivity index (χ1) is 13.8. The van der Waals surface area contributed by atoms with E-state index in [9.17, 15) is 20.2 Å². The summed E-state index contributed by atoms with van der Waals surface area (Å²) >= 11 is 0. The third-order valence-corrected chi connectivity index (χ3v) is 4.39. The van der Waals surface area contributed by atoms with Crippen molar-refractivity contribution in [1.82, 2.24) is 9.97 Å². The fourth-order valence-electron chi connectivity index (χ4n) is 2.88. The van der Waals surface area contributed by atoms with Gasteiger partial charge in [0.25, 0.3) is 5.69 Å². The summed E-state index contributed by atoms with van der Waals surface area (Å²) in [6, 6.07) is 14.3. The number of nitrogens with two attached hydrogens (primary N) is 1. The van der Waals surface area contributed by atoms with Crippen LogP contribution in [0, 0.1) is 34.1 Å². The zero-order chi connectivity index (χ0) is 21.1. The van der Waals surface area contributed by atoms with Gasteiger partial charge in [0, 0.05) is 22.4 Å². The van der Waals surface area contributed by atoms with Crippen molar-refractivity contribution < 1.29 is 9.85 Å². The van der Waals surface area contributed by atoms with Gasteiger partial charge in [-0.1, -0.05) is 29.8 Å². The number of benzene rings is 2. The van der Waals surface area contributed by atoms with Crippen molar-refractivity contribution in [3.8, 4) is 0 Å². The number of nitro groups is 2. The average molecular weight is 391 g/mol. The van der Waals surface area contributed by atoms with Crippen LogP contribution in [-0.4, -0.2) is 19.8 Å². The van der Waals surface area contributed by atoms with Crippen LogP contribution >= 0.6 is 0 Å². The SMILES string of the molecule is Cc1ccc2ncc([N+](=O)[O-])c(C)c2c1.Nc1nc2ccccc2cc1[N+](=O)[O-]. The molecule has 9 nitrogen and oxygen atoms in total. The minimum Gasteiger partial charge on any atom is -0.378 e. The standard InChI is InChI=1S/C11H10N2O2.C9H7N3O2/c1-7-3-4-10-9(5-7)8(2)11(6-12-10)13(14)15;10-9-8(12(13)14)5-6-3-1-2-4-7(6)11-9/h3-6H,1-2H3;1-5H,(H2,10,11). The van der Waals surface area contributed by atoms with Gasteiger partial charge >= 0.3 is 5.69 Å². The number of hydrogen-bond acceptors (Lipinski definition) is 7.